The molecule has 140 valence electrons. The number of benzene rings is 1. The van der Waals surface area contributed by atoms with E-state index in [0.717, 1.165) is 4.88 Å². The first-order valence-electron chi connectivity index (χ1n) is 8.45. The summed E-state index contributed by atoms with van der Waals surface area (Å²) >= 11 is 1.40. The van der Waals surface area contributed by atoms with Crippen molar-refractivity contribution in [2.24, 2.45) is 0 Å². The van der Waals surface area contributed by atoms with E-state index in [2.05, 4.69) is 24.1 Å². The fourth-order valence-electron chi connectivity index (χ4n) is 2.62. The fourth-order valence-corrected chi connectivity index (χ4v) is 3.44. The normalized spacial score (nSPS) is 12.7. The fraction of sp³-hybridized carbons (Fsp3) is 0.421. The Labute approximate surface area is 157 Å². The third kappa shape index (κ3) is 4.60. The highest BCUT2D eigenvalue weighted by Gasteiger charge is 2.38. The molecule has 0 aliphatic carbocycles. The van der Waals surface area contributed by atoms with Gasteiger partial charge in [-0.25, -0.2) is 9.78 Å². The summed E-state index contributed by atoms with van der Waals surface area (Å²) in [6.45, 7) is 9.41. The van der Waals surface area contributed by atoms with Crippen LogP contribution < -0.4 is 5.32 Å². The summed E-state index contributed by atoms with van der Waals surface area (Å²) in [5, 5.41) is 13.0. The number of carboxylic acid groups (broad SMARTS) is 1. The summed E-state index contributed by atoms with van der Waals surface area (Å²) in [6.07, 6.45) is 0.588. The van der Waals surface area contributed by atoms with Crippen molar-refractivity contribution in [1.82, 2.24) is 9.88 Å². The average molecular weight is 375 g/mol. The maximum Gasteiger partial charge on any atom is 0.408 e. The predicted octanol–water partition coefficient (Wildman–Crippen LogP) is 4.72. The van der Waals surface area contributed by atoms with Crippen molar-refractivity contribution in [2.45, 2.75) is 52.1 Å². The minimum absolute atomic E-state index is 0.313. The molecule has 2 rings (SSSR count). The van der Waals surface area contributed by atoms with Crippen molar-refractivity contribution in [3.05, 3.63) is 47.0 Å². The number of hydrogen-bond acceptors (Lipinski definition) is 4. The van der Waals surface area contributed by atoms with E-state index in [1.165, 1.54) is 16.2 Å². The van der Waals surface area contributed by atoms with Crippen LogP contribution in [0.2, 0.25) is 0 Å². The molecule has 1 heterocycles. The smallest absolute Gasteiger partial charge is 0.408 e. The van der Waals surface area contributed by atoms with Crippen LogP contribution in [0.15, 0.2) is 36.5 Å². The molecule has 2 N–H and O–H groups in total. The first-order chi connectivity index (χ1) is 12.1. The number of anilines is 1. The third-order valence-electron chi connectivity index (χ3n) is 3.87. The number of carbonyl (C=O) groups excluding carboxylic acids is 1. The van der Waals surface area contributed by atoms with E-state index in [4.69, 9.17) is 0 Å². The zero-order chi connectivity index (χ0) is 19.5. The van der Waals surface area contributed by atoms with Crippen LogP contribution in [0.25, 0.3) is 0 Å². The molecule has 0 bridgehead atoms. The van der Waals surface area contributed by atoms with Gasteiger partial charge in [0.2, 0.25) is 0 Å². The van der Waals surface area contributed by atoms with Gasteiger partial charge in [0.1, 0.15) is 6.04 Å². The summed E-state index contributed by atoms with van der Waals surface area (Å²) in [5.41, 5.74) is -0.140. The van der Waals surface area contributed by atoms with Gasteiger partial charge < -0.3 is 5.11 Å². The second-order valence-electron chi connectivity index (χ2n) is 7.35. The Morgan fingerprint density at radius 3 is 2.27 bits per heavy atom. The molecule has 0 spiro atoms. The van der Waals surface area contributed by atoms with Crippen molar-refractivity contribution in [3.8, 4) is 0 Å². The molecule has 1 aromatic heterocycles. The SMILES string of the molecule is CC(C)c1cnc(NC(=O)[C@@H](c2ccccc2)N(C(=O)O)C(C)(C)C)s1. The van der Waals surface area contributed by atoms with Gasteiger partial charge in [-0.1, -0.05) is 44.2 Å². The van der Waals surface area contributed by atoms with Gasteiger partial charge in [-0.2, -0.15) is 0 Å². The van der Waals surface area contributed by atoms with Crippen molar-refractivity contribution >= 4 is 28.5 Å². The Morgan fingerprint density at radius 2 is 1.81 bits per heavy atom. The third-order valence-corrected chi connectivity index (χ3v) is 5.09. The number of carbonyl (C=O) groups is 2. The second-order valence-corrected chi connectivity index (χ2v) is 8.41. The summed E-state index contributed by atoms with van der Waals surface area (Å²) in [4.78, 5) is 31.5. The van der Waals surface area contributed by atoms with Gasteiger partial charge in [-0.05, 0) is 32.3 Å². The Bertz CT molecular complexity index is 766. The van der Waals surface area contributed by atoms with Crippen LogP contribution in [-0.4, -0.2) is 32.5 Å². The number of rotatable bonds is 5. The van der Waals surface area contributed by atoms with Crippen LogP contribution in [0, 0.1) is 0 Å². The summed E-state index contributed by atoms with van der Waals surface area (Å²) in [5.74, 6) is -0.105. The van der Waals surface area contributed by atoms with Crippen LogP contribution in [-0.2, 0) is 4.79 Å². The number of amides is 2. The van der Waals surface area contributed by atoms with E-state index in [1.54, 1.807) is 51.2 Å². The number of nitrogens with zero attached hydrogens (tertiary/aromatic N) is 2. The number of aromatic nitrogens is 1. The lowest BCUT2D eigenvalue weighted by atomic mass is 9.98. The molecule has 2 amide bonds. The van der Waals surface area contributed by atoms with Crippen LogP contribution in [0.4, 0.5) is 9.93 Å². The molecule has 0 saturated heterocycles. The molecule has 26 heavy (non-hydrogen) atoms. The quantitative estimate of drug-likeness (QED) is 0.792. The highest BCUT2D eigenvalue weighted by Crippen LogP contribution is 2.31. The van der Waals surface area contributed by atoms with Gasteiger partial charge in [0, 0.05) is 16.6 Å². The lowest BCUT2D eigenvalue weighted by molar-refractivity contribution is -0.122. The van der Waals surface area contributed by atoms with Gasteiger partial charge in [0.05, 0.1) is 0 Å². The van der Waals surface area contributed by atoms with E-state index >= 15 is 0 Å². The lowest BCUT2D eigenvalue weighted by Gasteiger charge is -2.38. The molecule has 1 atom stereocenters. The summed E-state index contributed by atoms with van der Waals surface area (Å²) in [7, 11) is 0. The Morgan fingerprint density at radius 1 is 1.19 bits per heavy atom. The monoisotopic (exact) mass is 375 g/mol. The largest absolute Gasteiger partial charge is 0.465 e. The first kappa shape index (κ1) is 19.9. The average Bonchev–Trinajstić information content (AvgIpc) is 3.00. The molecule has 0 fully saturated rings. The maximum absolute atomic E-state index is 13.0. The molecule has 0 saturated carbocycles. The number of nitrogens with one attached hydrogen (secondary N) is 1. The number of hydrogen-bond donors (Lipinski definition) is 2. The number of thiazole rings is 1. The summed E-state index contributed by atoms with van der Waals surface area (Å²) in [6, 6.07) is 7.95. The minimum atomic E-state index is -1.15. The van der Waals surface area contributed by atoms with E-state index in [9.17, 15) is 14.7 Å². The molecule has 0 unspecified atom stereocenters. The predicted molar refractivity (Wildman–Crippen MR) is 104 cm³/mol. The molecule has 1 aromatic carbocycles. The molecule has 0 radical (unpaired) electrons. The van der Waals surface area contributed by atoms with Gasteiger partial charge in [0.15, 0.2) is 5.13 Å². The molecule has 0 aliphatic rings. The van der Waals surface area contributed by atoms with Gasteiger partial charge in [-0.15, -0.1) is 11.3 Å². The Balaban J connectivity index is 2.39. The summed E-state index contributed by atoms with van der Waals surface area (Å²) < 4.78 is 0. The van der Waals surface area contributed by atoms with Crippen molar-refractivity contribution in [1.29, 1.82) is 0 Å². The van der Waals surface area contributed by atoms with Crippen molar-refractivity contribution in [2.75, 3.05) is 5.32 Å². The molecule has 0 aliphatic heterocycles. The standard InChI is InChI=1S/C19H25N3O3S/c1-12(2)14-11-20-17(26-14)21-16(23)15(13-9-7-6-8-10-13)22(18(24)25)19(3,4)5/h6-12,15H,1-5H3,(H,24,25)(H,20,21,23)/t15-/m1/s1. The molecular weight excluding hydrogens is 350 g/mol. The highest BCUT2D eigenvalue weighted by atomic mass is 32.1. The van der Waals surface area contributed by atoms with Crippen LogP contribution in [0.5, 0.6) is 0 Å². The van der Waals surface area contributed by atoms with Crippen LogP contribution in [0.1, 0.15) is 57.0 Å². The van der Waals surface area contributed by atoms with Gasteiger partial charge >= 0.3 is 6.09 Å². The minimum Gasteiger partial charge on any atom is -0.465 e. The van der Waals surface area contributed by atoms with Gasteiger partial charge in [-0.3, -0.25) is 15.0 Å². The maximum atomic E-state index is 13.0. The lowest BCUT2D eigenvalue weighted by Crippen LogP contribution is -2.50. The zero-order valence-corrected chi connectivity index (χ0v) is 16.5. The Kier molecular flexibility index (Phi) is 6.02. The molecule has 7 heteroatoms. The van der Waals surface area contributed by atoms with E-state index in [0.29, 0.717) is 16.6 Å². The van der Waals surface area contributed by atoms with Crippen LogP contribution in [0.3, 0.4) is 0 Å². The van der Waals surface area contributed by atoms with Crippen molar-refractivity contribution < 1.29 is 14.7 Å². The molecule has 2 aromatic rings. The van der Waals surface area contributed by atoms with Crippen molar-refractivity contribution in [3.63, 3.8) is 0 Å². The van der Waals surface area contributed by atoms with E-state index in [-0.39, 0.29) is 0 Å². The zero-order valence-electron chi connectivity index (χ0n) is 15.7. The van der Waals surface area contributed by atoms with E-state index < -0.39 is 23.6 Å². The van der Waals surface area contributed by atoms with E-state index in [1.807, 2.05) is 6.07 Å². The van der Waals surface area contributed by atoms with Gasteiger partial charge in [0.25, 0.3) is 5.91 Å². The van der Waals surface area contributed by atoms with Crippen LogP contribution >= 0.6 is 11.3 Å². The Hall–Kier alpha value is -2.41. The molecular formula is C19H25N3O3S. The second kappa shape index (κ2) is 7.86. The highest BCUT2D eigenvalue weighted by molar-refractivity contribution is 7.15. The first-order valence-corrected chi connectivity index (χ1v) is 9.26. The topological polar surface area (TPSA) is 82.5 Å². The molecule has 6 nitrogen and oxygen atoms in total.